The fraction of sp³-hybridized carbons (Fsp3) is 0.694. The summed E-state index contributed by atoms with van der Waals surface area (Å²) in [5.41, 5.74) is -1.15. The van der Waals surface area contributed by atoms with Crippen molar-refractivity contribution in [2.24, 2.45) is 5.92 Å². The molecule has 2 aliphatic carbocycles. The van der Waals surface area contributed by atoms with E-state index in [0.717, 1.165) is 18.6 Å². The minimum atomic E-state index is -4.53. The van der Waals surface area contributed by atoms with Crippen molar-refractivity contribution in [3.63, 3.8) is 0 Å². The molecule has 2 saturated carbocycles. The number of hydrogen-bond donors (Lipinski definition) is 3. The zero-order valence-corrected chi connectivity index (χ0v) is 30.2. The molecule has 276 valence electrons. The van der Waals surface area contributed by atoms with Crippen molar-refractivity contribution in [3.05, 3.63) is 30.1 Å². The van der Waals surface area contributed by atoms with Gasteiger partial charge in [-0.3, -0.25) is 14.5 Å². The van der Waals surface area contributed by atoms with Gasteiger partial charge in [-0.2, -0.15) is 13.2 Å². The van der Waals surface area contributed by atoms with Gasteiger partial charge in [0.25, 0.3) is 0 Å². The molecule has 1 aromatic carbocycles. The van der Waals surface area contributed by atoms with Gasteiger partial charge in [0.1, 0.15) is 23.8 Å². The van der Waals surface area contributed by atoms with Crippen molar-refractivity contribution in [2.45, 2.75) is 140 Å². The Balaban J connectivity index is 1.27. The third kappa shape index (κ3) is 8.96. The third-order valence-electron chi connectivity index (χ3n) is 10.5. The molecule has 5 rings (SSSR count). The van der Waals surface area contributed by atoms with Gasteiger partial charge < -0.3 is 25.6 Å². The maximum atomic E-state index is 14.0. The SMILES string of the molecule is CN([C@@H]1CC[C@H](N2CC[C@H](Nc3ncnc4ccc(C(F)(F)F)cc34)C2=O)[C@H](NC(=O)C2CCC(NC(=O)OC(C)(C)C)CC2)C1)C(C)(C)C. The highest BCUT2D eigenvalue weighted by atomic mass is 19.4. The second kappa shape index (κ2) is 14.5. The molecule has 3 fully saturated rings. The van der Waals surface area contributed by atoms with Gasteiger partial charge in [0.2, 0.25) is 11.8 Å². The van der Waals surface area contributed by atoms with E-state index in [1.807, 2.05) is 25.7 Å². The molecular weight excluding hydrogens is 651 g/mol. The Kier molecular flexibility index (Phi) is 10.9. The van der Waals surface area contributed by atoms with Crippen molar-refractivity contribution >= 4 is 34.6 Å². The Bertz CT molecular complexity index is 1550. The van der Waals surface area contributed by atoms with Crippen LogP contribution in [-0.4, -0.2) is 92.6 Å². The molecule has 1 saturated heterocycles. The molecule has 2 aromatic rings. The van der Waals surface area contributed by atoms with Crippen molar-refractivity contribution in [2.75, 3.05) is 18.9 Å². The highest BCUT2D eigenvalue weighted by Crippen LogP contribution is 2.35. The number of aromatic nitrogens is 2. The molecule has 0 unspecified atom stereocenters. The summed E-state index contributed by atoms with van der Waals surface area (Å²) in [4.78, 5) is 52.5. The quantitative estimate of drug-likeness (QED) is 0.326. The monoisotopic (exact) mass is 703 g/mol. The second-order valence-electron chi connectivity index (χ2n) is 16.1. The van der Waals surface area contributed by atoms with Crippen LogP contribution in [0.3, 0.4) is 0 Å². The van der Waals surface area contributed by atoms with Gasteiger partial charge in [-0.05, 0) is 118 Å². The van der Waals surface area contributed by atoms with Gasteiger partial charge in [0.15, 0.2) is 0 Å². The molecule has 3 aliphatic rings. The second-order valence-corrected chi connectivity index (χ2v) is 16.1. The molecule has 50 heavy (non-hydrogen) atoms. The predicted octanol–water partition coefficient (Wildman–Crippen LogP) is 5.88. The van der Waals surface area contributed by atoms with Gasteiger partial charge in [-0.1, -0.05) is 0 Å². The average molecular weight is 704 g/mol. The van der Waals surface area contributed by atoms with Crippen LogP contribution in [0, 0.1) is 5.92 Å². The summed E-state index contributed by atoms with van der Waals surface area (Å²) in [5.74, 6) is -0.226. The number of anilines is 1. The Morgan fingerprint density at radius 1 is 0.940 bits per heavy atom. The first kappa shape index (κ1) is 37.6. The number of amides is 3. The smallest absolute Gasteiger partial charge is 0.416 e. The largest absolute Gasteiger partial charge is 0.444 e. The van der Waals surface area contributed by atoms with Crippen LogP contribution < -0.4 is 16.0 Å². The maximum absolute atomic E-state index is 14.0. The van der Waals surface area contributed by atoms with E-state index in [-0.39, 0.29) is 58.6 Å². The number of hydrogen-bond acceptors (Lipinski definition) is 8. The Morgan fingerprint density at radius 2 is 1.64 bits per heavy atom. The lowest BCUT2D eigenvalue weighted by atomic mass is 9.82. The highest BCUT2D eigenvalue weighted by molar-refractivity contribution is 5.93. The van der Waals surface area contributed by atoms with E-state index in [1.54, 1.807) is 0 Å². The number of alkyl halides is 3. The summed E-state index contributed by atoms with van der Waals surface area (Å²) in [6.45, 7) is 12.4. The van der Waals surface area contributed by atoms with Gasteiger partial charge in [0.05, 0.1) is 23.2 Å². The first-order valence-corrected chi connectivity index (χ1v) is 17.7. The normalized spacial score (nSPS) is 26.6. The van der Waals surface area contributed by atoms with E-state index in [9.17, 15) is 27.6 Å². The molecule has 1 aliphatic heterocycles. The van der Waals surface area contributed by atoms with E-state index in [2.05, 4.69) is 58.6 Å². The highest BCUT2D eigenvalue weighted by Gasteiger charge is 2.44. The molecule has 3 amide bonds. The number of nitrogens with one attached hydrogen (secondary N) is 3. The lowest BCUT2D eigenvalue weighted by molar-refractivity contribution is -0.137. The number of rotatable bonds is 7. The van der Waals surface area contributed by atoms with E-state index >= 15 is 0 Å². The number of carbonyl (C=O) groups excluding carboxylic acids is 3. The first-order valence-electron chi connectivity index (χ1n) is 17.7. The summed E-state index contributed by atoms with van der Waals surface area (Å²) in [6, 6.07) is 2.25. The lowest BCUT2D eigenvalue weighted by Gasteiger charge is -2.47. The number of carbonyl (C=O) groups is 3. The molecule has 11 nitrogen and oxygen atoms in total. The number of likely N-dealkylation sites (tertiary alicyclic amines) is 1. The predicted molar refractivity (Wildman–Crippen MR) is 184 cm³/mol. The number of benzene rings is 1. The fourth-order valence-corrected chi connectivity index (χ4v) is 7.51. The van der Waals surface area contributed by atoms with E-state index in [1.165, 1.54) is 12.4 Å². The van der Waals surface area contributed by atoms with Crippen LogP contribution in [-0.2, 0) is 20.5 Å². The molecule has 14 heteroatoms. The molecule has 0 radical (unpaired) electrons. The summed E-state index contributed by atoms with van der Waals surface area (Å²) >= 11 is 0. The van der Waals surface area contributed by atoms with Crippen LogP contribution in [0.25, 0.3) is 10.9 Å². The summed E-state index contributed by atoms with van der Waals surface area (Å²) in [7, 11) is 2.10. The van der Waals surface area contributed by atoms with Gasteiger partial charge in [-0.25, -0.2) is 14.8 Å². The Morgan fingerprint density at radius 3 is 2.28 bits per heavy atom. The third-order valence-corrected chi connectivity index (χ3v) is 10.5. The van der Waals surface area contributed by atoms with E-state index < -0.39 is 29.5 Å². The lowest BCUT2D eigenvalue weighted by Crippen LogP contribution is -2.60. The van der Waals surface area contributed by atoms with Crippen LogP contribution in [0.15, 0.2) is 24.5 Å². The van der Waals surface area contributed by atoms with Crippen LogP contribution in [0.4, 0.5) is 23.8 Å². The molecule has 0 bridgehead atoms. The first-order chi connectivity index (χ1) is 23.3. The summed E-state index contributed by atoms with van der Waals surface area (Å²) in [5, 5.41) is 9.60. The molecular formula is C36H52F3N7O4. The van der Waals surface area contributed by atoms with Crippen LogP contribution >= 0.6 is 0 Å². The number of halogens is 3. The van der Waals surface area contributed by atoms with Crippen molar-refractivity contribution in [3.8, 4) is 0 Å². The topological polar surface area (TPSA) is 129 Å². The molecule has 1 aromatic heterocycles. The summed E-state index contributed by atoms with van der Waals surface area (Å²) < 4.78 is 45.9. The number of ether oxygens (including phenoxy) is 1. The van der Waals surface area contributed by atoms with Crippen LogP contribution in [0.5, 0.6) is 0 Å². The molecule has 4 atom stereocenters. The van der Waals surface area contributed by atoms with Gasteiger partial charge >= 0.3 is 12.3 Å². The van der Waals surface area contributed by atoms with E-state index in [4.69, 9.17) is 4.74 Å². The van der Waals surface area contributed by atoms with Gasteiger partial charge in [0, 0.05) is 35.5 Å². The Labute approximate surface area is 292 Å². The molecule has 3 N–H and O–H groups in total. The summed E-state index contributed by atoms with van der Waals surface area (Å²) in [6.07, 6.45) is 1.56. The van der Waals surface area contributed by atoms with Crippen molar-refractivity contribution in [1.29, 1.82) is 0 Å². The number of nitrogens with zero attached hydrogens (tertiary/aromatic N) is 4. The zero-order valence-electron chi connectivity index (χ0n) is 30.2. The van der Waals surface area contributed by atoms with Gasteiger partial charge in [-0.15, -0.1) is 0 Å². The average Bonchev–Trinajstić information content (AvgIpc) is 3.38. The minimum absolute atomic E-state index is 0.0379. The van der Waals surface area contributed by atoms with Crippen LogP contribution in [0.2, 0.25) is 0 Å². The zero-order chi connectivity index (χ0) is 36.6. The Hall–Kier alpha value is -3.68. The van der Waals surface area contributed by atoms with Crippen LogP contribution in [0.1, 0.15) is 98.5 Å². The van der Waals surface area contributed by atoms with Crippen molar-refractivity contribution < 1.29 is 32.3 Å². The molecule has 2 heterocycles. The number of fused-ring (bicyclic) bond motifs is 1. The number of alkyl carbamates (subject to hydrolysis) is 1. The molecule has 0 spiro atoms. The fourth-order valence-electron chi connectivity index (χ4n) is 7.51. The van der Waals surface area contributed by atoms with Crippen molar-refractivity contribution in [1.82, 2.24) is 30.4 Å². The minimum Gasteiger partial charge on any atom is -0.444 e. The standard InChI is InChI=1S/C36H52F3N7O4/c1-34(2,3)45(7)24-13-15-29(28(19-24)44-31(47)21-8-11-23(12-9-21)42-33(49)50-35(4,5)6)46-17-16-27(32(46)48)43-30-25-18-22(36(37,38)39)10-14-26(25)40-20-41-30/h10,14,18,20-21,23-24,27-29H,8-9,11-13,15-17,19H2,1-7H3,(H,42,49)(H,44,47)(H,40,41,43)/t21?,23?,24-,27+,28-,29+/m1/s1. The van der Waals surface area contributed by atoms with E-state index in [0.29, 0.717) is 57.0 Å². The maximum Gasteiger partial charge on any atom is 0.416 e.